The largest absolute Gasteiger partial charge is 0.348 e. The Bertz CT molecular complexity index is 664. The smallest absolute Gasteiger partial charge is 0.244 e. The molecule has 0 aliphatic rings. The fourth-order valence-electron chi connectivity index (χ4n) is 2.04. The van der Waals surface area contributed by atoms with Crippen molar-refractivity contribution in [3.8, 4) is 0 Å². The summed E-state index contributed by atoms with van der Waals surface area (Å²) < 4.78 is 1.06. The van der Waals surface area contributed by atoms with Crippen LogP contribution in [0.2, 0.25) is 0 Å². The molecule has 1 heterocycles. The van der Waals surface area contributed by atoms with Gasteiger partial charge in [0.05, 0.1) is 3.79 Å². The molecule has 22 heavy (non-hydrogen) atoms. The standard InChI is InChI=1S/C17H19BrN2OS/c1-20(2)12-14-6-4-3-5-13(14)11-19-17(21)10-8-15-7-9-16(18)22-15/h3-10H,11-12H2,1-2H3,(H,19,21)/b10-8+. The van der Waals surface area contributed by atoms with Crippen LogP contribution in [0, 0.1) is 0 Å². The first-order valence-electron chi connectivity index (χ1n) is 6.97. The molecular formula is C17H19BrN2OS. The van der Waals surface area contributed by atoms with Crippen LogP contribution in [0.3, 0.4) is 0 Å². The zero-order valence-electron chi connectivity index (χ0n) is 12.7. The first kappa shape index (κ1) is 16.9. The molecule has 1 N–H and O–H groups in total. The van der Waals surface area contributed by atoms with E-state index in [1.807, 2.05) is 44.4 Å². The van der Waals surface area contributed by atoms with Crippen molar-refractivity contribution in [3.63, 3.8) is 0 Å². The van der Waals surface area contributed by atoms with Crippen LogP contribution < -0.4 is 5.32 Å². The van der Waals surface area contributed by atoms with Crippen molar-refractivity contribution in [3.05, 3.63) is 62.3 Å². The Hall–Kier alpha value is -1.43. The molecule has 1 aromatic carbocycles. The van der Waals surface area contributed by atoms with Gasteiger partial charge >= 0.3 is 0 Å². The highest BCUT2D eigenvalue weighted by Gasteiger charge is 2.04. The minimum absolute atomic E-state index is 0.0795. The Labute approximate surface area is 143 Å². The van der Waals surface area contributed by atoms with Gasteiger partial charge in [0, 0.05) is 24.0 Å². The van der Waals surface area contributed by atoms with E-state index < -0.39 is 0 Å². The lowest BCUT2D eigenvalue weighted by molar-refractivity contribution is -0.116. The molecule has 0 unspecified atom stereocenters. The highest BCUT2D eigenvalue weighted by molar-refractivity contribution is 9.11. The minimum atomic E-state index is -0.0795. The topological polar surface area (TPSA) is 32.3 Å². The molecule has 5 heteroatoms. The van der Waals surface area contributed by atoms with Crippen LogP contribution in [-0.4, -0.2) is 24.9 Å². The van der Waals surface area contributed by atoms with E-state index in [4.69, 9.17) is 0 Å². The first-order chi connectivity index (χ1) is 10.5. The molecule has 3 nitrogen and oxygen atoms in total. The zero-order chi connectivity index (χ0) is 15.9. The maximum atomic E-state index is 11.9. The molecule has 0 bridgehead atoms. The molecule has 2 rings (SSSR count). The van der Waals surface area contributed by atoms with E-state index in [0.717, 1.165) is 20.8 Å². The molecule has 0 fully saturated rings. The van der Waals surface area contributed by atoms with E-state index in [9.17, 15) is 4.79 Å². The second-order valence-electron chi connectivity index (χ2n) is 5.20. The van der Waals surface area contributed by atoms with E-state index in [-0.39, 0.29) is 5.91 Å². The average molecular weight is 379 g/mol. The van der Waals surface area contributed by atoms with Gasteiger partial charge in [-0.2, -0.15) is 0 Å². The maximum Gasteiger partial charge on any atom is 0.244 e. The molecule has 0 saturated heterocycles. The van der Waals surface area contributed by atoms with E-state index in [1.54, 1.807) is 17.4 Å². The number of amides is 1. The second-order valence-corrected chi connectivity index (χ2v) is 7.69. The van der Waals surface area contributed by atoms with Crippen LogP contribution in [0.15, 0.2) is 46.3 Å². The third-order valence-electron chi connectivity index (χ3n) is 3.05. The van der Waals surface area contributed by atoms with E-state index in [0.29, 0.717) is 6.54 Å². The molecule has 1 aromatic heterocycles. The maximum absolute atomic E-state index is 11.9. The molecule has 0 spiro atoms. The van der Waals surface area contributed by atoms with Crippen molar-refractivity contribution in [2.75, 3.05) is 14.1 Å². The SMILES string of the molecule is CN(C)Cc1ccccc1CNC(=O)/C=C/c1ccc(Br)s1. The molecule has 0 saturated carbocycles. The second kappa shape index (κ2) is 8.27. The summed E-state index contributed by atoms with van der Waals surface area (Å²) in [6, 6.07) is 12.1. The van der Waals surface area contributed by atoms with E-state index in [2.05, 4.69) is 38.3 Å². The summed E-state index contributed by atoms with van der Waals surface area (Å²) in [5, 5.41) is 2.94. The lowest BCUT2D eigenvalue weighted by atomic mass is 10.1. The Morgan fingerprint density at radius 2 is 1.95 bits per heavy atom. The van der Waals surface area contributed by atoms with Crippen molar-refractivity contribution >= 4 is 39.2 Å². The van der Waals surface area contributed by atoms with Gasteiger partial charge in [0.1, 0.15) is 0 Å². The minimum Gasteiger partial charge on any atom is -0.348 e. The van der Waals surface area contributed by atoms with Gasteiger partial charge in [0.2, 0.25) is 5.91 Å². The molecule has 0 aliphatic heterocycles. The van der Waals surface area contributed by atoms with Crippen LogP contribution in [0.5, 0.6) is 0 Å². The first-order valence-corrected chi connectivity index (χ1v) is 8.58. The Kier molecular flexibility index (Phi) is 6.36. The number of hydrogen-bond donors (Lipinski definition) is 1. The van der Waals surface area contributed by atoms with E-state index >= 15 is 0 Å². The van der Waals surface area contributed by atoms with E-state index in [1.165, 1.54) is 5.56 Å². The normalized spacial score (nSPS) is 11.3. The van der Waals surface area contributed by atoms with Gasteiger partial charge in [0.15, 0.2) is 0 Å². The van der Waals surface area contributed by atoms with Gasteiger partial charge < -0.3 is 10.2 Å². The fourth-order valence-corrected chi connectivity index (χ4v) is 3.37. The summed E-state index contributed by atoms with van der Waals surface area (Å²) in [5.41, 5.74) is 2.38. The summed E-state index contributed by atoms with van der Waals surface area (Å²) in [4.78, 5) is 15.1. The number of thiophene rings is 1. The van der Waals surface area contributed by atoms with Crippen molar-refractivity contribution in [2.45, 2.75) is 13.1 Å². The third kappa shape index (κ3) is 5.40. The fraction of sp³-hybridized carbons (Fsp3) is 0.235. The van der Waals surface area contributed by atoms with Gasteiger partial charge in [-0.05, 0) is 59.4 Å². The highest BCUT2D eigenvalue weighted by Crippen LogP contribution is 2.22. The Balaban J connectivity index is 1.92. The monoisotopic (exact) mass is 378 g/mol. The van der Waals surface area contributed by atoms with Crippen LogP contribution in [0.25, 0.3) is 6.08 Å². The number of nitrogens with one attached hydrogen (secondary N) is 1. The summed E-state index contributed by atoms with van der Waals surface area (Å²) >= 11 is 5.01. The van der Waals surface area contributed by atoms with Crippen molar-refractivity contribution in [2.24, 2.45) is 0 Å². The predicted octanol–water partition coefficient (Wildman–Crippen LogP) is 3.90. The lowest BCUT2D eigenvalue weighted by Gasteiger charge is -2.14. The Morgan fingerprint density at radius 3 is 2.59 bits per heavy atom. The van der Waals surface area contributed by atoms with Gasteiger partial charge in [0.25, 0.3) is 0 Å². The number of halogens is 1. The number of rotatable bonds is 6. The summed E-state index contributed by atoms with van der Waals surface area (Å²) in [6.45, 7) is 1.41. The average Bonchev–Trinajstić information content (AvgIpc) is 2.89. The van der Waals surface area contributed by atoms with Crippen LogP contribution in [0.4, 0.5) is 0 Å². The Morgan fingerprint density at radius 1 is 1.23 bits per heavy atom. The quantitative estimate of drug-likeness (QED) is 0.772. The number of nitrogens with zero attached hydrogens (tertiary/aromatic N) is 1. The number of carbonyl (C=O) groups excluding carboxylic acids is 1. The predicted molar refractivity (Wildman–Crippen MR) is 96.7 cm³/mol. The summed E-state index contributed by atoms with van der Waals surface area (Å²) in [7, 11) is 4.08. The van der Waals surface area contributed by atoms with Crippen molar-refractivity contribution in [1.82, 2.24) is 10.2 Å². The molecule has 2 aromatic rings. The molecular weight excluding hydrogens is 360 g/mol. The van der Waals surface area contributed by atoms with Crippen molar-refractivity contribution < 1.29 is 4.79 Å². The summed E-state index contributed by atoms with van der Waals surface area (Å²) in [6.07, 6.45) is 3.41. The molecule has 116 valence electrons. The van der Waals surface area contributed by atoms with Gasteiger partial charge in [-0.1, -0.05) is 24.3 Å². The summed E-state index contributed by atoms with van der Waals surface area (Å²) in [5.74, 6) is -0.0795. The molecule has 0 aliphatic carbocycles. The number of hydrogen-bond acceptors (Lipinski definition) is 3. The van der Waals surface area contributed by atoms with Gasteiger partial charge in [-0.3, -0.25) is 4.79 Å². The zero-order valence-corrected chi connectivity index (χ0v) is 15.1. The van der Waals surface area contributed by atoms with Crippen LogP contribution in [-0.2, 0) is 17.9 Å². The van der Waals surface area contributed by atoms with Crippen LogP contribution in [0.1, 0.15) is 16.0 Å². The van der Waals surface area contributed by atoms with Gasteiger partial charge in [-0.15, -0.1) is 11.3 Å². The number of benzene rings is 1. The molecule has 1 amide bonds. The lowest BCUT2D eigenvalue weighted by Crippen LogP contribution is -2.22. The molecule has 0 atom stereocenters. The van der Waals surface area contributed by atoms with Crippen LogP contribution >= 0.6 is 27.3 Å². The number of carbonyl (C=O) groups is 1. The third-order valence-corrected chi connectivity index (χ3v) is 4.64. The molecule has 0 radical (unpaired) electrons. The highest BCUT2D eigenvalue weighted by atomic mass is 79.9. The van der Waals surface area contributed by atoms with Crippen molar-refractivity contribution in [1.29, 1.82) is 0 Å². The van der Waals surface area contributed by atoms with Gasteiger partial charge in [-0.25, -0.2) is 0 Å².